The highest BCUT2D eigenvalue weighted by Crippen LogP contribution is 2.57. The van der Waals surface area contributed by atoms with E-state index in [4.69, 9.17) is 19.4 Å². The molecule has 1 aliphatic heterocycles. The molecule has 3 rings (SSSR count). The van der Waals surface area contributed by atoms with E-state index in [9.17, 15) is 29.0 Å². The summed E-state index contributed by atoms with van der Waals surface area (Å²) in [5.74, 6) is 0.0657. The minimum absolute atomic E-state index is 0.0657. The Kier molecular flexibility index (Phi) is 19.9. The zero-order valence-electron chi connectivity index (χ0n) is 27.8. The van der Waals surface area contributed by atoms with Crippen molar-refractivity contribution in [3.63, 3.8) is 0 Å². The first-order valence-electron chi connectivity index (χ1n) is 15.4. The maximum Gasteiger partial charge on any atom is 0.481 e. The number of phosphoric ester groups is 1. The Morgan fingerprint density at radius 2 is 1.40 bits per heavy atom. The molecule has 19 heteroatoms. The van der Waals surface area contributed by atoms with Crippen molar-refractivity contribution >= 4 is 21.5 Å². The van der Waals surface area contributed by atoms with Crippen LogP contribution >= 0.6 is 15.6 Å². The number of aromatic nitrogens is 2. The molecule has 47 heavy (non-hydrogen) atoms. The van der Waals surface area contributed by atoms with Crippen LogP contribution in [0.5, 0.6) is 0 Å². The van der Waals surface area contributed by atoms with Crippen LogP contribution in [0.25, 0.3) is 0 Å². The van der Waals surface area contributed by atoms with Crippen LogP contribution in [0.15, 0.2) is 47.4 Å². The Labute approximate surface area is 275 Å². The van der Waals surface area contributed by atoms with Gasteiger partial charge in [-0.05, 0) is 50.9 Å². The van der Waals surface area contributed by atoms with Crippen molar-refractivity contribution in [2.24, 2.45) is 0 Å². The van der Waals surface area contributed by atoms with E-state index in [2.05, 4.69) is 70.6 Å². The van der Waals surface area contributed by atoms with E-state index in [1.54, 1.807) is 0 Å². The first-order valence-corrected chi connectivity index (χ1v) is 18.4. The minimum atomic E-state index is -5.33. The fourth-order valence-electron chi connectivity index (χ4n) is 4.19. The van der Waals surface area contributed by atoms with Gasteiger partial charge in [0.2, 0.25) is 0 Å². The van der Waals surface area contributed by atoms with Crippen LogP contribution in [-0.4, -0.2) is 108 Å². The lowest BCUT2D eigenvalue weighted by molar-refractivity contribution is -0.0541. The molecular weight excluding hydrogens is 660 g/mol. The number of benzene rings is 1. The molecule has 0 amide bonds. The van der Waals surface area contributed by atoms with Gasteiger partial charge >= 0.3 is 21.3 Å². The second-order valence-electron chi connectivity index (χ2n) is 10.0. The highest BCUT2D eigenvalue weighted by molar-refractivity contribution is 7.60. The van der Waals surface area contributed by atoms with Gasteiger partial charge in [-0.2, -0.15) is 9.29 Å². The van der Waals surface area contributed by atoms with Gasteiger partial charge < -0.3 is 39.4 Å². The van der Waals surface area contributed by atoms with E-state index in [-0.39, 0.29) is 12.4 Å². The molecule has 1 unspecified atom stereocenters. The fraction of sp³-hybridized carbons (Fsp3) is 0.643. The summed E-state index contributed by atoms with van der Waals surface area (Å²) in [7, 11) is -10.5. The number of phosphoric acid groups is 2. The molecule has 0 bridgehead atoms. The van der Waals surface area contributed by atoms with Gasteiger partial charge in [0, 0.05) is 6.20 Å². The van der Waals surface area contributed by atoms with Gasteiger partial charge in [0.1, 0.15) is 18.3 Å². The summed E-state index contributed by atoms with van der Waals surface area (Å²) >= 11 is 0. The van der Waals surface area contributed by atoms with Crippen LogP contribution in [0.3, 0.4) is 0 Å². The van der Waals surface area contributed by atoms with Crippen molar-refractivity contribution in [1.82, 2.24) is 19.4 Å². The summed E-state index contributed by atoms with van der Waals surface area (Å²) in [6, 6.07) is 10.5. The van der Waals surface area contributed by atoms with E-state index in [0.717, 1.165) is 10.1 Å². The summed E-state index contributed by atoms with van der Waals surface area (Å²) in [5.41, 5.74) is 2.50. The molecule has 0 aliphatic carbocycles. The Hall–Kier alpha value is -2.08. The van der Waals surface area contributed by atoms with Gasteiger partial charge in [0.05, 0.1) is 13.2 Å². The highest BCUT2D eigenvalue weighted by Gasteiger charge is 2.45. The van der Waals surface area contributed by atoms with E-state index < -0.39 is 52.5 Å². The predicted molar refractivity (Wildman–Crippen MR) is 175 cm³/mol. The van der Waals surface area contributed by atoms with Crippen molar-refractivity contribution < 1.29 is 52.4 Å². The Bertz CT molecular complexity index is 1270. The zero-order valence-corrected chi connectivity index (χ0v) is 29.6. The molecule has 1 fully saturated rings. The molecule has 5 atom stereocenters. The molecule has 0 saturated carbocycles. The predicted octanol–water partition coefficient (Wildman–Crippen LogP) is 2.33. The van der Waals surface area contributed by atoms with E-state index in [1.165, 1.54) is 51.5 Å². The minimum Gasteiger partial charge on any atom is -0.387 e. The molecule has 1 aromatic heterocycles. The average Bonchev–Trinajstić information content (AvgIpc) is 3.30. The maximum absolute atomic E-state index is 12.4. The van der Waals surface area contributed by atoms with E-state index >= 15 is 0 Å². The first-order chi connectivity index (χ1) is 22.1. The van der Waals surface area contributed by atoms with Crippen molar-refractivity contribution in [3.05, 3.63) is 58.6 Å². The molecule has 2 aromatic rings. The Balaban J connectivity index is 0.000000658. The van der Waals surface area contributed by atoms with Crippen LogP contribution in [0.4, 0.5) is 5.82 Å². The normalized spacial score (nSPS) is 20.6. The summed E-state index contributed by atoms with van der Waals surface area (Å²) in [4.78, 5) is 52.6. The number of aliphatic hydroxyl groups is 2. The third kappa shape index (κ3) is 16.2. The van der Waals surface area contributed by atoms with Crippen LogP contribution in [0, 0.1) is 0 Å². The van der Waals surface area contributed by atoms with Gasteiger partial charge in [-0.1, -0.05) is 71.9 Å². The van der Waals surface area contributed by atoms with Crippen LogP contribution < -0.4 is 11.2 Å². The van der Waals surface area contributed by atoms with Gasteiger partial charge in [-0.3, -0.25) is 13.9 Å². The van der Waals surface area contributed by atoms with Crippen molar-refractivity contribution in [1.29, 1.82) is 0 Å². The molecule has 6 N–H and O–H groups in total. The topological polar surface area (TPSA) is 226 Å². The largest absolute Gasteiger partial charge is 0.481 e. The summed E-state index contributed by atoms with van der Waals surface area (Å²) in [5, 5.41) is 20.3. The average molecular weight is 712 g/mol. The molecule has 0 radical (unpaired) electrons. The molecule has 2 heterocycles. The number of rotatable bonds is 16. The number of ether oxygens (including phenoxy) is 1. The lowest BCUT2D eigenvalue weighted by Crippen LogP contribution is -2.36. The maximum atomic E-state index is 12.4. The summed E-state index contributed by atoms with van der Waals surface area (Å²) in [6.07, 6.45) is -5.00. The summed E-state index contributed by atoms with van der Waals surface area (Å²) in [6.45, 7) is 19.6. The number of aliphatic hydroxyl groups excluding tert-OH is 2. The fourth-order valence-corrected chi connectivity index (χ4v) is 5.79. The van der Waals surface area contributed by atoms with Gasteiger partial charge in [0.15, 0.2) is 12.0 Å². The van der Waals surface area contributed by atoms with Gasteiger partial charge in [0.25, 0.3) is 0 Å². The molecule has 270 valence electrons. The SMILES string of the molecule is CCN(CC)CC.CCN(CC)CC.O=c1nc(NOCc2ccccc2)ccn1[C@@H]1O[C@H](COP(=O)(O)OP(=O)(O)O)[C@@H](O)[C@H]1O. The van der Waals surface area contributed by atoms with E-state index in [0.29, 0.717) is 0 Å². The Morgan fingerprint density at radius 1 is 0.872 bits per heavy atom. The number of hydrogen-bond donors (Lipinski definition) is 6. The number of hydrogen-bond acceptors (Lipinski definition) is 13. The zero-order chi connectivity index (χ0) is 35.6. The van der Waals surface area contributed by atoms with Gasteiger partial charge in [-0.25, -0.2) is 19.4 Å². The van der Waals surface area contributed by atoms with Crippen molar-refractivity contribution in [3.8, 4) is 0 Å². The second kappa shape index (κ2) is 21.8. The first kappa shape index (κ1) is 42.9. The van der Waals surface area contributed by atoms with Crippen LogP contribution in [0.2, 0.25) is 0 Å². The quantitative estimate of drug-likeness (QED) is 0.109. The lowest BCUT2D eigenvalue weighted by atomic mass is 10.1. The smallest absolute Gasteiger partial charge is 0.387 e. The molecule has 1 aliphatic rings. The van der Waals surface area contributed by atoms with Gasteiger partial charge in [-0.15, -0.1) is 0 Å². The molecule has 1 saturated heterocycles. The third-order valence-corrected chi connectivity index (χ3v) is 9.15. The Morgan fingerprint density at radius 3 is 1.85 bits per heavy atom. The lowest BCUT2D eigenvalue weighted by Gasteiger charge is -2.18. The molecule has 1 aromatic carbocycles. The van der Waals surface area contributed by atoms with Crippen molar-refractivity contribution in [2.75, 3.05) is 51.4 Å². The second-order valence-corrected chi connectivity index (χ2v) is 12.8. The number of nitrogens with one attached hydrogen (secondary N) is 1. The third-order valence-electron chi connectivity index (χ3n) is 6.99. The number of anilines is 1. The molecule has 17 nitrogen and oxygen atoms in total. The van der Waals surface area contributed by atoms with E-state index in [1.807, 2.05) is 30.3 Å². The highest BCUT2D eigenvalue weighted by atomic mass is 31.3. The number of nitrogens with zero attached hydrogens (tertiary/aromatic N) is 4. The molecular formula is C28H51N5O12P2. The summed E-state index contributed by atoms with van der Waals surface area (Å²) < 4.78 is 36.4. The monoisotopic (exact) mass is 711 g/mol. The molecule has 0 spiro atoms. The van der Waals surface area contributed by atoms with Crippen LogP contribution in [-0.2, 0) is 34.1 Å². The van der Waals surface area contributed by atoms with Crippen LogP contribution in [0.1, 0.15) is 53.3 Å². The van der Waals surface area contributed by atoms with Crippen molar-refractivity contribution in [2.45, 2.75) is 72.7 Å². The standard InChI is InChI=1S/C16H21N3O12P2.2C6H15N/c20-13-11(9-29-33(26,27)31-32(23,24)25)30-15(14(13)21)19-7-6-12(17-16(19)22)18-28-8-10-4-2-1-3-5-10;2*1-4-7(5-2)6-3/h1-7,11,13-15,20-21H,8-9H2,(H,26,27)(H,17,18,22)(H2,23,24,25);2*4-6H2,1-3H3/t11-,13-,14-,15-;;/m1../s1.